The molecule has 1 spiro atoms. The summed E-state index contributed by atoms with van der Waals surface area (Å²) in [6.45, 7) is 6.06. The fraction of sp³-hybridized carbons (Fsp3) is 0.600. The number of ether oxygens (including phenoxy) is 1. The predicted octanol–water partition coefficient (Wildman–Crippen LogP) is 3.10. The van der Waals surface area contributed by atoms with Crippen molar-refractivity contribution in [2.75, 3.05) is 6.61 Å². The molecule has 2 amide bonds. The summed E-state index contributed by atoms with van der Waals surface area (Å²) in [6, 6.07) is 5.13. The first-order valence-electron chi connectivity index (χ1n) is 9.36. The van der Waals surface area contributed by atoms with E-state index in [9.17, 15) is 14.0 Å². The molecule has 1 atom stereocenters. The minimum atomic E-state index is -0.815. The predicted molar refractivity (Wildman–Crippen MR) is 96.0 cm³/mol. The number of hydrogen-bond donors (Lipinski definition) is 1. The second-order valence-corrected chi connectivity index (χ2v) is 7.77. The molecule has 2 aliphatic rings. The van der Waals surface area contributed by atoms with Crippen molar-refractivity contribution < 1.29 is 18.7 Å². The second-order valence-electron chi connectivity index (χ2n) is 7.77. The molecule has 0 bridgehead atoms. The first-order valence-corrected chi connectivity index (χ1v) is 9.36. The number of carbonyl (C=O) groups excluding carboxylic acids is 2. The zero-order valence-corrected chi connectivity index (χ0v) is 15.6. The Kier molecular flexibility index (Phi) is 5.32. The first kappa shape index (κ1) is 18.8. The SMILES string of the molecule is CC1CCC2(CC1)OC[C@H](C(=O)NC(C)C)N2C(=O)c1ccccc1F. The lowest BCUT2D eigenvalue weighted by atomic mass is 9.83. The van der Waals surface area contributed by atoms with Crippen LogP contribution < -0.4 is 5.32 Å². The van der Waals surface area contributed by atoms with Gasteiger partial charge in [-0.05, 0) is 57.6 Å². The number of rotatable bonds is 3. The topological polar surface area (TPSA) is 58.6 Å². The third-order valence-electron chi connectivity index (χ3n) is 5.37. The van der Waals surface area contributed by atoms with Crippen LogP contribution in [0.25, 0.3) is 0 Å². The van der Waals surface area contributed by atoms with Crippen LogP contribution in [0.5, 0.6) is 0 Å². The molecule has 0 aromatic heterocycles. The lowest BCUT2D eigenvalue weighted by Gasteiger charge is -2.43. The van der Waals surface area contributed by atoms with Crippen LogP contribution in [0.1, 0.15) is 56.8 Å². The van der Waals surface area contributed by atoms with E-state index in [1.54, 1.807) is 12.1 Å². The molecular formula is C20H27FN2O3. The van der Waals surface area contributed by atoms with Crippen LogP contribution in [0.15, 0.2) is 24.3 Å². The summed E-state index contributed by atoms with van der Waals surface area (Å²) in [5, 5.41) is 2.86. The second kappa shape index (κ2) is 7.35. The number of amides is 2. The summed E-state index contributed by atoms with van der Waals surface area (Å²) in [7, 11) is 0. The Labute approximate surface area is 153 Å². The van der Waals surface area contributed by atoms with Crippen molar-refractivity contribution >= 4 is 11.8 Å². The smallest absolute Gasteiger partial charge is 0.259 e. The van der Waals surface area contributed by atoms with Crippen molar-refractivity contribution in [3.8, 4) is 0 Å². The van der Waals surface area contributed by atoms with E-state index in [1.807, 2.05) is 13.8 Å². The fourth-order valence-electron chi connectivity index (χ4n) is 3.93. The monoisotopic (exact) mass is 362 g/mol. The Morgan fingerprint density at radius 1 is 1.27 bits per heavy atom. The average molecular weight is 362 g/mol. The van der Waals surface area contributed by atoms with Crippen LogP contribution in [0.4, 0.5) is 4.39 Å². The highest BCUT2D eigenvalue weighted by atomic mass is 19.1. The van der Waals surface area contributed by atoms with Crippen LogP contribution in [-0.4, -0.2) is 41.1 Å². The van der Waals surface area contributed by atoms with E-state index in [4.69, 9.17) is 4.74 Å². The van der Waals surface area contributed by atoms with E-state index in [0.717, 1.165) is 12.8 Å². The van der Waals surface area contributed by atoms with Gasteiger partial charge in [0.15, 0.2) is 0 Å². The maximum atomic E-state index is 14.3. The molecule has 0 radical (unpaired) electrons. The number of nitrogens with one attached hydrogen (secondary N) is 1. The highest BCUT2D eigenvalue weighted by Gasteiger charge is 2.53. The molecule has 26 heavy (non-hydrogen) atoms. The summed E-state index contributed by atoms with van der Waals surface area (Å²) in [5.74, 6) is -0.746. The summed E-state index contributed by atoms with van der Waals surface area (Å²) in [6.07, 6.45) is 3.17. The molecule has 1 aliphatic heterocycles. The van der Waals surface area contributed by atoms with Gasteiger partial charge >= 0.3 is 0 Å². The molecule has 0 unspecified atom stereocenters. The van der Waals surface area contributed by atoms with E-state index in [2.05, 4.69) is 12.2 Å². The zero-order valence-electron chi connectivity index (χ0n) is 15.6. The molecule has 1 aliphatic carbocycles. The average Bonchev–Trinajstić information content (AvgIpc) is 2.96. The molecule has 1 heterocycles. The van der Waals surface area contributed by atoms with Gasteiger partial charge < -0.3 is 10.1 Å². The van der Waals surface area contributed by atoms with E-state index in [0.29, 0.717) is 18.8 Å². The fourth-order valence-corrected chi connectivity index (χ4v) is 3.93. The molecule has 1 saturated heterocycles. The van der Waals surface area contributed by atoms with E-state index >= 15 is 0 Å². The standard InChI is InChI=1S/C20H27FN2O3/c1-13(2)22-18(24)17-12-26-20(10-8-14(3)9-11-20)23(17)19(25)15-6-4-5-7-16(15)21/h4-7,13-14,17H,8-12H2,1-3H3,(H,22,24)/t14?,17-,20?/m1/s1. The Morgan fingerprint density at radius 2 is 1.92 bits per heavy atom. The largest absolute Gasteiger partial charge is 0.353 e. The molecule has 1 saturated carbocycles. The minimum absolute atomic E-state index is 0.0154. The summed E-state index contributed by atoms with van der Waals surface area (Å²) < 4.78 is 20.3. The van der Waals surface area contributed by atoms with Gasteiger partial charge in [0.05, 0.1) is 12.2 Å². The van der Waals surface area contributed by atoms with Crippen LogP contribution >= 0.6 is 0 Å². The summed E-state index contributed by atoms with van der Waals surface area (Å²) >= 11 is 0. The van der Waals surface area contributed by atoms with E-state index in [1.165, 1.54) is 17.0 Å². The van der Waals surface area contributed by atoms with Crippen LogP contribution in [0.2, 0.25) is 0 Å². The summed E-state index contributed by atoms with van der Waals surface area (Å²) in [4.78, 5) is 27.5. The van der Waals surface area contributed by atoms with Gasteiger partial charge in [-0.25, -0.2) is 4.39 Å². The Morgan fingerprint density at radius 3 is 2.54 bits per heavy atom. The number of hydrogen-bond acceptors (Lipinski definition) is 3. The maximum Gasteiger partial charge on any atom is 0.259 e. The van der Waals surface area contributed by atoms with Gasteiger partial charge in [0, 0.05) is 6.04 Å². The van der Waals surface area contributed by atoms with E-state index < -0.39 is 23.5 Å². The number of halogens is 1. The van der Waals surface area contributed by atoms with Gasteiger partial charge in [-0.2, -0.15) is 0 Å². The first-order chi connectivity index (χ1) is 12.3. The van der Waals surface area contributed by atoms with Gasteiger partial charge in [0.25, 0.3) is 5.91 Å². The lowest BCUT2D eigenvalue weighted by Crippen LogP contribution is -2.57. The Bertz CT molecular complexity index is 683. The van der Waals surface area contributed by atoms with Gasteiger partial charge in [-0.15, -0.1) is 0 Å². The van der Waals surface area contributed by atoms with Crippen molar-refractivity contribution in [1.82, 2.24) is 10.2 Å². The number of benzene rings is 1. The highest BCUT2D eigenvalue weighted by molar-refractivity contribution is 5.98. The van der Waals surface area contributed by atoms with Crippen LogP contribution in [0.3, 0.4) is 0 Å². The third kappa shape index (κ3) is 3.47. The Hall–Kier alpha value is -1.95. The van der Waals surface area contributed by atoms with Crippen molar-refractivity contribution in [2.24, 2.45) is 5.92 Å². The number of carbonyl (C=O) groups is 2. The molecule has 6 heteroatoms. The lowest BCUT2D eigenvalue weighted by molar-refractivity contribution is -0.128. The van der Waals surface area contributed by atoms with Gasteiger partial charge in [0.2, 0.25) is 5.91 Å². The van der Waals surface area contributed by atoms with Crippen LogP contribution in [-0.2, 0) is 9.53 Å². The highest BCUT2D eigenvalue weighted by Crippen LogP contribution is 2.43. The molecule has 5 nitrogen and oxygen atoms in total. The number of nitrogens with zero attached hydrogens (tertiary/aromatic N) is 1. The quantitative estimate of drug-likeness (QED) is 0.899. The van der Waals surface area contributed by atoms with Gasteiger partial charge in [0.1, 0.15) is 17.6 Å². The summed E-state index contributed by atoms with van der Waals surface area (Å²) in [5.41, 5.74) is -0.830. The van der Waals surface area contributed by atoms with Crippen molar-refractivity contribution in [3.05, 3.63) is 35.6 Å². The third-order valence-corrected chi connectivity index (χ3v) is 5.37. The molecular weight excluding hydrogens is 335 g/mol. The molecule has 142 valence electrons. The molecule has 1 aromatic carbocycles. The minimum Gasteiger partial charge on any atom is -0.353 e. The molecule has 1 N–H and O–H groups in total. The molecule has 1 aromatic rings. The Balaban J connectivity index is 1.96. The normalized spacial score (nSPS) is 28.6. The molecule has 2 fully saturated rings. The zero-order chi connectivity index (χ0) is 18.9. The maximum absolute atomic E-state index is 14.3. The van der Waals surface area contributed by atoms with Gasteiger partial charge in [-0.1, -0.05) is 19.1 Å². The van der Waals surface area contributed by atoms with Gasteiger partial charge in [-0.3, -0.25) is 14.5 Å². The van der Waals surface area contributed by atoms with Crippen molar-refractivity contribution in [2.45, 2.75) is 64.3 Å². The molecule has 3 rings (SSSR count). The van der Waals surface area contributed by atoms with Crippen molar-refractivity contribution in [3.63, 3.8) is 0 Å². The van der Waals surface area contributed by atoms with E-state index in [-0.39, 0.29) is 24.1 Å². The van der Waals surface area contributed by atoms with Crippen molar-refractivity contribution in [1.29, 1.82) is 0 Å². The van der Waals surface area contributed by atoms with Crippen LogP contribution in [0, 0.1) is 11.7 Å².